The summed E-state index contributed by atoms with van der Waals surface area (Å²) >= 11 is 0. The molecular weight excluding hydrogens is 204 g/mol. The van der Waals surface area contributed by atoms with E-state index in [0.717, 1.165) is 24.9 Å². The molecule has 0 aromatic rings. The Labute approximate surface area is 95.5 Å². The van der Waals surface area contributed by atoms with E-state index in [2.05, 4.69) is 0 Å². The molecule has 16 heavy (non-hydrogen) atoms. The maximum atomic E-state index is 11.3. The fourth-order valence-electron chi connectivity index (χ4n) is 4.38. The molecule has 88 valence electrons. The second-order valence-corrected chi connectivity index (χ2v) is 6.08. The summed E-state index contributed by atoms with van der Waals surface area (Å²) in [5.41, 5.74) is 0.236. The number of hydrogen-bond donors (Lipinski definition) is 0. The largest absolute Gasteiger partial charge is 0.462 e. The molecule has 0 bridgehead atoms. The molecule has 0 amide bonds. The lowest BCUT2D eigenvalue weighted by Crippen LogP contribution is -2.43. The summed E-state index contributed by atoms with van der Waals surface area (Å²) in [6.45, 7) is 0.973. The van der Waals surface area contributed by atoms with Gasteiger partial charge in [-0.1, -0.05) is 6.42 Å². The second-order valence-electron chi connectivity index (χ2n) is 6.08. The number of hydrogen-bond acceptors (Lipinski definition) is 3. The molecule has 5 atom stereocenters. The van der Waals surface area contributed by atoms with E-state index in [1.54, 1.807) is 0 Å². The van der Waals surface area contributed by atoms with E-state index in [9.17, 15) is 4.79 Å². The van der Waals surface area contributed by atoms with Crippen molar-refractivity contribution in [3.63, 3.8) is 0 Å². The van der Waals surface area contributed by atoms with Crippen LogP contribution in [0.5, 0.6) is 0 Å². The van der Waals surface area contributed by atoms with E-state index in [-0.39, 0.29) is 17.7 Å². The van der Waals surface area contributed by atoms with Crippen LogP contribution in [0.4, 0.5) is 0 Å². The maximum absolute atomic E-state index is 11.3. The lowest BCUT2D eigenvalue weighted by molar-refractivity contribution is -0.143. The molecule has 0 aromatic heterocycles. The lowest BCUT2D eigenvalue weighted by Gasteiger charge is -2.43. The molecule has 2 saturated heterocycles. The molecule has 0 aromatic carbocycles. The Balaban J connectivity index is 1.59. The zero-order chi connectivity index (χ0) is 10.8. The van der Waals surface area contributed by atoms with Crippen molar-refractivity contribution in [1.82, 2.24) is 0 Å². The van der Waals surface area contributed by atoms with Crippen LogP contribution in [-0.4, -0.2) is 24.3 Å². The summed E-state index contributed by atoms with van der Waals surface area (Å²) in [6, 6.07) is 0. The van der Waals surface area contributed by atoms with Gasteiger partial charge in [0.05, 0.1) is 18.6 Å². The minimum atomic E-state index is 0.0272. The SMILES string of the molecule is O=C1CC2CC3C(CCCC34CO4)CC2O1. The van der Waals surface area contributed by atoms with Gasteiger partial charge >= 0.3 is 5.97 Å². The van der Waals surface area contributed by atoms with Crippen LogP contribution in [0.3, 0.4) is 0 Å². The second kappa shape index (κ2) is 3.00. The summed E-state index contributed by atoms with van der Waals surface area (Å²) in [7, 11) is 0. The Bertz CT molecular complexity index is 334. The quantitative estimate of drug-likeness (QED) is 0.464. The van der Waals surface area contributed by atoms with E-state index in [4.69, 9.17) is 9.47 Å². The highest BCUT2D eigenvalue weighted by Gasteiger charge is 2.59. The molecule has 4 aliphatic rings. The van der Waals surface area contributed by atoms with E-state index in [1.165, 1.54) is 25.7 Å². The van der Waals surface area contributed by atoms with Gasteiger partial charge in [0, 0.05) is 5.92 Å². The molecule has 4 fully saturated rings. The molecule has 3 heteroatoms. The van der Waals surface area contributed by atoms with Crippen LogP contribution in [0.2, 0.25) is 0 Å². The van der Waals surface area contributed by atoms with Crippen LogP contribution in [-0.2, 0) is 14.3 Å². The predicted molar refractivity (Wildman–Crippen MR) is 56.7 cm³/mol. The number of carbonyl (C=O) groups excluding carboxylic acids is 1. The van der Waals surface area contributed by atoms with Crippen molar-refractivity contribution in [2.24, 2.45) is 17.8 Å². The van der Waals surface area contributed by atoms with Gasteiger partial charge in [0.15, 0.2) is 0 Å². The molecular formula is C13H18O3. The van der Waals surface area contributed by atoms with Crippen molar-refractivity contribution >= 4 is 5.97 Å². The zero-order valence-electron chi connectivity index (χ0n) is 9.48. The Morgan fingerprint density at radius 2 is 2.12 bits per heavy atom. The van der Waals surface area contributed by atoms with Gasteiger partial charge in [-0.05, 0) is 37.5 Å². The van der Waals surface area contributed by atoms with Gasteiger partial charge in [0.1, 0.15) is 6.10 Å². The Hall–Kier alpha value is -0.570. The highest BCUT2D eigenvalue weighted by atomic mass is 16.6. The maximum Gasteiger partial charge on any atom is 0.306 e. The molecule has 5 unspecified atom stereocenters. The monoisotopic (exact) mass is 222 g/mol. The number of rotatable bonds is 0. The van der Waals surface area contributed by atoms with Crippen LogP contribution in [0.25, 0.3) is 0 Å². The van der Waals surface area contributed by atoms with Gasteiger partial charge in [-0.15, -0.1) is 0 Å². The molecule has 0 N–H and O–H groups in total. The van der Waals surface area contributed by atoms with E-state index < -0.39 is 0 Å². The summed E-state index contributed by atoms with van der Waals surface area (Å²) in [6.07, 6.45) is 7.03. The first kappa shape index (κ1) is 9.46. The molecule has 1 spiro atoms. The molecule has 2 heterocycles. The summed E-state index contributed by atoms with van der Waals surface area (Å²) in [5, 5.41) is 0. The van der Waals surface area contributed by atoms with Gasteiger partial charge in [-0.2, -0.15) is 0 Å². The van der Waals surface area contributed by atoms with Crippen molar-refractivity contribution in [2.75, 3.05) is 6.61 Å². The van der Waals surface area contributed by atoms with Crippen molar-refractivity contribution < 1.29 is 14.3 Å². The van der Waals surface area contributed by atoms with Crippen molar-refractivity contribution in [2.45, 2.75) is 50.2 Å². The van der Waals surface area contributed by atoms with Crippen LogP contribution < -0.4 is 0 Å². The highest BCUT2D eigenvalue weighted by Crippen LogP contribution is 2.56. The number of epoxide rings is 1. The van der Waals surface area contributed by atoms with Gasteiger partial charge in [0.25, 0.3) is 0 Å². The van der Waals surface area contributed by atoms with Crippen molar-refractivity contribution in [3.8, 4) is 0 Å². The number of ether oxygens (including phenoxy) is 2. The smallest absolute Gasteiger partial charge is 0.306 e. The Morgan fingerprint density at radius 1 is 1.25 bits per heavy atom. The van der Waals surface area contributed by atoms with Gasteiger partial charge in [0.2, 0.25) is 0 Å². The summed E-state index contributed by atoms with van der Waals surface area (Å²) in [4.78, 5) is 11.3. The number of esters is 1. The minimum Gasteiger partial charge on any atom is -0.462 e. The first-order chi connectivity index (χ1) is 7.77. The third-order valence-corrected chi connectivity index (χ3v) is 5.26. The third-order valence-electron chi connectivity index (χ3n) is 5.26. The summed E-state index contributed by atoms with van der Waals surface area (Å²) in [5.74, 6) is 1.99. The zero-order valence-corrected chi connectivity index (χ0v) is 9.48. The van der Waals surface area contributed by atoms with Gasteiger partial charge < -0.3 is 9.47 Å². The number of fused-ring (bicyclic) bond motifs is 3. The molecule has 2 saturated carbocycles. The Morgan fingerprint density at radius 3 is 2.94 bits per heavy atom. The van der Waals surface area contributed by atoms with Crippen molar-refractivity contribution in [3.05, 3.63) is 0 Å². The predicted octanol–water partition coefficient (Wildman–Crippen LogP) is 1.90. The Kier molecular flexibility index (Phi) is 1.78. The average Bonchev–Trinajstić information content (AvgIpc) is 2.92. The molecule has 2 aliphatic heterocycles. The molecule has 4 rings (SSSR count). The van der Waals surface area contributed by atoms with Gasteiger partial charge in [-0.25, -0.2) is 0 Å². The third kappa shape index (κ3) is 1.21. The van der Waals surface area contributed by atoms with Gasteiger partial charge in [-0.3, -0.25) is 4.79 Å². The van der Waals surface area contributed by atoms with E-state index in [1.807, 2.05) is 0 Å². The fourth-order valence-corrected chi connectivity index (χ4v) is 4.38. The average molecular weight is 222 g/mol. The summed E-state index contributed by atoms with van der Waals surface area (Å²) < 4.78 is 11.2. The molecule has 3 nitrogen and oxygen atoms in total. The number of carbonyl (C=O) groups is 1. The van der Waals surface area contributed by atoms with Crippen LogP contribution in [0, 0.1) is 17.8 Å². The van der Waals surface area contributed by atoms with Crippen LogP contribution in [0.1, 0.15) is 38.5 Å². The minimum absolute atomic E-state index is 0.0272. The van der Waals surface area contributed by atoms with Crippen LogP contribution in [0.15, 0.2) is 0 Å². The van der Waals surface area contributed by atoms with E-state index >= 15 is 0 Å². The fraction of sp³-hybridized carbons (Fsp3) is 0.923. The standard InChI is InChI=1S/C13H18O3/c14-12-6-9-4-10-8(5-11(9)16-12)2-1-3-13(10)7-15-13/h8-11H,1-7H2. The molecule has 0 radical (unpaired) electrons. The normalized spacial score (nSPS) is 54.4. The van der Waals surface area contributed by atoms with Crippen LogP contribution >= 0.6 is 0 Å². The highest BCUT2D eigenvalue weighted by molar-refractivity contribution is 5.72. The topological polar surface area (TPSA) is 38.8 Å². The first-order valence-electron chi connectivity index (χ1n) is 6.60. The first-order valence-corrected chi connectivity index (χ1v) is 6.60. The van der Waals surface area contributed by atoms with Crippen molar-refractivity contribution in [1.29, 1.82) is 0 Å². The lowest BCUT2D eigenvalue weighted by atomic mass is 9.62. The van der Waals surface area contributed by atoms with E-state index in [0.29, 0.717) is 12.3 Å². The molecule has 2 aliphatic carbocycles.